The maximum Gasteiger partial charge on any atom is 0.165 e. The van der Waals surface area contributed by atoms with Crippen molar-refractivity contribution < 1.29 is 4.74 Å². The molecule has 1 aliphatic rings. The normalized spacial score (nSPS) is 15.0. The highest BCUT2D eigenvalue weighted by Crippen LogP contribution is 2.35. The van der Waals surface area contributed by atoms with Gasteiger partial charge in [0.05, 0.1) is 18.4 Å². The molecule has 5 nitrogen and oxygen atoms in total. The lowest BCUT2D eigenvalue weighted by atomic mass is 10.1. The van der Waals surface area contributed by atoms with Gasteiger partial charge in [0, 0.05) is 23.4 Å². The van der Waals surface area contributed by atoms with Gasteiger partial charge in [0.15, 0.2) is 5.65 Å². The molecule has 0 atom stereocenters. The molecule has 1 saturated carbocycles. The Hall–Kier alpha value is -2.56. The van der Waals surface area contributed by atoms with E-state index in [0.717, 1.165) is 39.7 Å². The summed E-state index contributed by atoms with van der Waals surface area (Å²) in [7, 11) is 1.70. The van der Waals surface area contributed by atoms with Crippen molar-refractivity contribution in [3.63, 3.8) is 0 Å². The molecule has 3 aromatic rings. The number of anilines is 1. The number of benzene rings is 1. The monoisotopic (exact) mass is 336 g/mol. The van der Waals surface area contributed by atoms with Crippen LogP contribution in [0.25, 0.3) is 16.8 Å². The van der Waals surface area contributed by atoms with Crippen LogP contribution in [0.3, 0.4) is 0 Å². The van der Waals surface area contributed by atoms with Crippen molar-refractivity contribution in [2.75, 3.05) is 12.4 Å². The molecule has 1 aromatic carbocycles. The maximum atomic E-state index is 5.56. The van der Waals surface area contributed by atoms with Crippen LogP contribution in [-0.2, 0) is 0 Å². The molecule has 0 radical (unpaired) electrons. The minimum Gasteiger partial charge on any atom is -0.496 e. The number of methoxy groups -OCH3 is 1. The van der Waals surface area contributed by atoms with E-state index in [1.807, 2.05) is 36.6 Å². The fourth-order valence-corrected chi connectivity index (χ4v) is 3.79. The Bertz CT molecular complexity index is 909. The van der Waals surface area contributed by atoms with E-state index in [1.54, 1.807) is 7.11 Å². The summed E-state index contributed by atoms with van der Waals surface area (Å²) < 4.78 is 7.51. The third-order valence-corrected chi connectivity index (χ3v) is 4.98. The number of fused-ring (bicyclic) bond motifs is 1. The van der Waals surface area contributed by atoms with Crippen LogP contribution in [0.1, 0.15) is 37.1 Å². The summed E-state index contributed by atoms with van der Waals surface area (Å²) in [6.45, 7) is 4.07. The standard InChI is InChI=1S/C20H24N4O/c1-13-12-18(22-15-8-4-5-9-15)24-20(21-13)19(14(2)23-24)16-10-6-7-11-17(16)25-3/h6-7,10-12,15,22H,4-5,8-9H2,1-3H3. The number of aromatic nitrogens is 3. The van der Waals surface area contributed by atoms with E-state index in [4.69, 9.17) is 14.8 Å². The molecule has 4 rings (SSSR count). The summed E-state index contributed by atoms with van der Waals surface area (Å²) in [4.78, 5) is 4.79. The lowest BCUT2D eigenvalue weighted by Crippen LogP contribution is -2.17. The molecule has 0 saturated heterocycles. The highest BCUT2D eigenvalue weighted by Gasteiger charge is 2.21. The molecule has 0 aliphatic heterocycles. The average molecular weight is 336 g/mol. The van der Waals surface area contributed by atoms with Crippen molar-refractivity contribution in [1.29, 1.82) is 0 Å². The number of aryl methyl sites for hydroxylation is 2. The van der Waals surface area contributed by atoms with Gasteiger partial charge in [-0.05, 0) is 32.8 Å². The van der Waals surface area contributed by atoms with Crippen LogP contribution < -0.4 is 10.1 Å². The highest BCUT2D eigenvalue weighted by molar-refractivity contribution is 5.84. The van der Waals surface area contributed by atoms with E-state index in [0.29, 0.717) is 6.04 Å². The number of hydrogen-bond acceptors (Lipinski definition) is 4. The summed E-state index contributed by atoms with van der Waals surface area (Å²) in [5, 5.41) is 8.46. The van der Waals surface area contributed by atoms with E-state index in [9.17, 15) is 0 Å². The van der Waals surface area contributed by atoms with Gasteiger partial charge in [0.25, 0.3) is 0 Å². The first-order valence-electron chi connectivity index (χ1n) is 8.94. The van der Waals surface area contributed by atoms with Gasteiger partial charge in [-0.3, -0.25) is 0 Å². The molecule has 0 bridgehead atoms. The zero-order chi connectivity index (χ0) is 17.4. The largest absolute Gasteiger partial charge is 0.496 e. The third kappa shape index (κ3) is 2.84. The summed E-state index contributed by atoms with van der Waals surface area (Å²) in [6, 6.07) is 10.7. The molecule has 25 heavy (non-hydrogen) atoms. The molecule has 1 fully saturated rings. The third-order valence-electron chi connectivity index (χ3n) is 4.98. The molecule has 2 aromatic heterocycles. The number of nitrogens with zero attached hydrogens (tertiary/aromatic N) is 3. The summed E-state index contributed by atoms with van der Waals surface area (Å²) >= 11 is 0. The van der Waals surface area contributed by atoms with Crippen molar-refractivity contribution in [3.05, 3.63) is 41.7 Å². The second-order valence-corrected chi connectivity index (χ2v) is 6.80. The zero-order valence-electron chi connectivity index (χ0n) is 15.0. The number of ether oxygens (including phenoxy) is 1. The van der Waals surface area contributed by atoms with Crippen molar-refractivity contribution in [1.82, 2.24) is 14.6 Å². The minimum absolute atomic E-state index is 0.532. The first-order chi connectivity index (χ1) is 12.2. The van der Waals surface area contributed by atoms with Gasteiger partial charge in [0.1, 0.15) is 11.6 Å². The van der Waals surface area contributed by atoms with Crippen LogP contribution in [0.4, 0.5) is 5.82 Å². The summed E-state index contributed by atoms with van der Waals surface area (Å²) in [5.74, 6) is 1.87. The average Bonchev–Trinajstić information content (AvgIpc) is 3.22. The Morgan fingerprint density at radius 3 is 2.68 bits per heavy atom. The molecule has 5 heteroatoms. The van der Waals surface area contributed by atoms with Gasteiger partial charge < -0.3 is 10.1 Å². The van der Waals surface area contributed by atoms with Crippen LogP contribution in [-0.4, -0.2) is 27.7 Å². The Morgan fingerprint density at radius 1 is 1.16 bits per heavy atom. The van der Waals surface area contributed by atoms with Crippen molar-refractivity contribution in [3.8, 4) is 16.9 Å². The van der Waals surface area contributed by atoms with Crippen LogP contribution in [0.2, 0.25) is 0 Å². The van der Waals surface area contributed by atoms with E-state index in [-0.39, 0.29) is 0 Å². The lowest BCUT2D eigenvalue weighted by molar-refractivity contribution is 0.416. The quantitative estimate of drug-likeness (QED) is 0.768. The molecule has 0 amide bonds. The second kappa shape index (κ2) is 6.39. The van der Waals surface area contributed by atoms with Crippen molar-refractivity contribution in [2.45, 2.75) is 45.6 Å². The predicted molar refractivity (Wildman–Crippen MR) is 100 cm³/mol. The Kier molecular flexibility index (Phi) is 4.07. The predicted octanol–water partition coefficient (Wildman–Crippen LogP) is 4.38. The zero-order valence-corrected chi connectivity index (χ0v) is 15.0. The maximum absolute atomic E-state index is 5.56. The molecule has 1 aliphatic carbocycles. The van der Waals surface area contributed by atoms with Gasteiger partial charge in [-0.25, -0.2) is 4.98 Å². The molecule has 0 spiro atoms. The van der Waals surface area contributed by atoms with Crippen LogP contribution in [0, 0.1) is 13.8 Å². The Morgan fingerprint density at radius 2 is 1.92 bits per heavy atom. The second-order valence-electron chi connectivity index (χ2n) is 6.80. The smallest absolute Gasteiger partial charge is 0.165 e. The molecule has 130 valence electrons. The molecule has 1 N–H and O–H groups in total. The van der Waals surface area contributed by atoms with E-state index in [1.165, 1.54) is 25.7 Å². The van der Waals surface area contributed by atoms with E-state index >= 15 is 0 Å². The van der Waals surface area contributed by atoms with E-state index < -0.39 is 0 Å². The number of hydrogen-bond donors (Lipinski definition) is 1. The minimum atomic E-state index is 0.532. The fourth-order valence-electron chi connectivity index (χ4n) is 3.79. The number of nitrogens with one attached hydrogen (secondary N) is 1. The SMILES string of the molecule is COc1ccccc1-c1c(C)nn2c(NC3CCCC3)cc(C)nc12. The molecule has 0 unspecified atom stereocenters. The lowest BCUT2D eigenvalue weighted by Gasteiger charge is -2.15. The van der Waals surface area contributed by atoms with Crippen LogP contribution in [0.15, 0.2) is 30.3 Å². The van der Waals surface area contributed by atoms with Crippen LogP contribution in [0.5, 0.6) is 5.75 Å². The van der Waals surface area contributed by atoms with Gasteiger partial charge in [-0.2, -0.15) is 9.61 Å². The Balaban J connectivity index is 1.88. The molecular formula is C20H24N4O. The summed E-state index contributed by atoms with van der Waals surface area (Å²) in [5.41, 5.74) is 4.89. The molecular weight excluding hydrogens is 312 g/mol. The van der Waals surface area contributed by atoms with Gasteiger partial charge in [-0.15, -0.1) is 0 Å². The van der Waals surface area contributed by atoms with Gasteiger partial charge in [-0.1, -0.05) is 31.0 Å². The van der Waals surface area contributed by atoms with E-state index in [2.05, 4.69) is 17.4 Å². The first-order valence-corrected chi connectivity index (χ1v) is 8.94. The van der Waals surface area contributed by atoms with Gasteiger partial charge >= 0.3 is 0 Å². The first kappa shape index (κ1) is 15.9. The number of para-hydroxylation sites is 1. The fraction of sp³-hybridized carbons (Fsp3) is 0.400. The topological polar surface area (TPSA) is 51.5 Å². The van der Waals surface area contributed by atoms with Crippen LogP contribution >= 0.6 is 0 Å². The Labute approximate surface area is 148 Å². The summed E-state index contributed by atoms with van der Waals surface area (Å²) in [6.07, 6.45) is 5.05. The van der Waals surface area contributed by atoms with Crippen molar-refractivity contribution in [2.24, 2.45) is 0 Å². The van der Waals surface area contributed by atoms with Gasteiger partial charge in [0.2, 0.25) is 0 Å². The van der Waals surface area contributed by atoms with Crippen molar-refractivity contribution >= 4 is 11.5 Å². The molecule has 2 heterocycles. The number of rotatable bonds is 4. The highest BCUT2D eigenvalue weighted by atomic mass is 16.5.